The van der Waals surface area contributed by atoms with Crippen LogP contribution >= 0.6 is 12.2 Å². The third kappa shape index (κ3) is 5.60. The largest absolute Gasteiger partial charge is 0.389 e. The lowest BCUT2D eigenvalue weighted by atomic mass is 9.85. The van der Waals surface area contributed by atoms with Gasteiger partial charge in [-0.15, -0.1) is 0 Å². The normalized spacial score (nSPS) is 15.7. The minimum atomic E-state index is 0.469. The molecule has 1 fully saturated rings. The Kier molecular flexibility index (Phi) is 7.17. The van der Waals surface area contributed by atoms with Crippen LogP contribution in [0.4, 0.5) is 5.69 Å². The predicted molar refractivity (Wildman–Crippen MR) is 101 cm³/mol. The van der Waals surface area contributed by atoms with Crippen molar-refractivity contribution in [3.8, 4) is 0 Å². The zero-order valence-electron chi connectivity index (χ0n) is 13.9. The fourth-order valence-corrected chi connectivity index (χ4v) is 3.58. The van der Waals surface area contributed by atoms with Gasteiger partial charge in [-0.3, -0.25) is 0 Å². The van der Waals surface area contributed by atoms with Crippen molar-refractivity contribution in [2.45, 2.75) is 57.8 Å². The van der Waals surface area contributed by atoms with Crippen LogP contribution in [0.3, 0.4) is 0 Å². The van der Waals surface area contributed by atoms with Crippen molar-refractivity contribution in [1.82, 2.24) is 0 Å². The number of hydrogen-bond donors (Lipinski definition) is 1. The molecule has 0 amide bonds. The van der Waals surface area contributed by atoms with Gasteiger partial charge in [-0.25, -0.2) is 0 Å². The maximum atomic E-state index is 5.63. The van der Waals surface area contributed by atoms with Crippen LogP contribution < -0.4 is 10.6 Å². The smallest absolute Gasteiger partial charge is 0.103 e. The molecule has 2 rings (SSSR count). The average molecular weight is 319 g/mol. The highest BCUT2D eigenvalue weighted by molar-refractivity contribution is 7.80. The Morgan fingerprint density at radius 2 is 1.77 bits per heavy atom. The van der Waals surface area contributed by atoms with Crippen molar-refractivity contribution in [3.05, 3.63) is 29.8 Å². The van der Waals surface area contributed by atoms with Crippen LogP contribution in [0, 0.1) is 5.92 Å². The van der Waals surface area contributed by atoms with Gasteiger partial charge in [-0.2, -0.15) is 0 Å². The molecule has 1 aromatic rings. The van der Waals surface area contributed by atoms with Gasteiger partial charge < -0.3 is 10.6 Å². The topological polar surface area (TPSA) is 29.3 Å². The van der Waals surface area contributed by atoms with E-state index in [2.05, 4.69) is 24.1 Å². The minimum absolute atomic E-state index is 0.469. The first kappa shape index (κ1) is 17.3. The van der Waals surface area contributed by atoms with Gasteiger partial charge in [0.05, 0.1) is 0 Å². The third-order valence-electron chi connectivity index (χ3n) is 4.92. The van der Waals surface area contributed by atoms with Gasteiger partial charge in [0.2, 0.25) is 0 Å². The highest BCUT2D eigenvalue weighted by Gasteiger charge is 2.12. The number of nitrogens with two attached hydrogens (primary N) is 1. The first-order chi connectivity index (χ1) is 10.7. The van der Waals surface area contributed by atoms with Crippen molar-refractivity contribution in [1.29, 1.82) is 0 Å². The fraction of sp³-hybridized carbons (Fsp3) is 0.632. The summed E-state index contributed by atoms with van der Waals surface area (Å²) < 4.78 is 0. The molecule has 1 aliphatic carbocycles. The number of anilines is 1. The molecule has 1 saturated carbocycles. The molecule has 1 aliphatic rings. The number of rotatable bonds is 8. The second-order valence-corrected chi connectivity index (χ2v) is 7.13. The molecule has 0 heterocycles. The molecule has 2 nitrogen and oxygen atoms in total. The van der Waals surface area contributed by atoms with Crippen LogP contribution in [0.5, 0.6) is 0 Å². The molecule has 0 saturated heterocycles. The van der Waals surface area contributed by atoms with E-state index in [4.69, 9.17) is 18.0 Å². The monoisotopic (exact) mass is 318 g/mol. The predicted octanol–water partition coefficient (Wildman–Crippen LogP) is 4.90. The SMILES string of the molecule is CN(CCCCCC1CCCCC1)c1ccc(C(N)=S)cc1. The molecule has 0 aliphatic heterocycles. The molecular weight excluding hydrogens is 288 g/mol. The maximum absolute atomic E-state index is 5.63. The van der Waals surface area contributed by atoms with E-state index < -0.39 is 0 Å². The molecule has 0 bridgehead atoms. The lowest BCUT2D eigenvalue weighted by Gasteiger charge is -2.22. The van der Waals surface area contributed by atoms with Gasteiger partial charge in [0.15, 0.2) is 0 Å². The summed E-state index contributed by atoms with van der Waals surface area (Å²) in [5, 5.41) is 0. The van der Waals surface area contributed by atoms with E-state index in [0.29, 0.717) is 4.99 Å². The Bertz CT molecular complexity index is 449. The lowest BCUT2D eigenvalue weighted by Crippen LogP contribution is -2.18. The van der Waals surface area contributed by atoms with E-state index in [0.717, 1.165) is 18.0 Å². The summed E-state index contributed by atoms with van der Waals surface area (Å²) in [7, 11) is 2.16. The molecule has 0 radical (unpaired) electrons. The second kappa shape index (κ2) is 9.14. The van der Waals surface area contributed by atoms with Crippen LogP contribution in [-0.2, 0) is 0 Å². The highest BCUT2D eigenvalue weighted by Crippen LogP contribution is 2.28. The Balaban J connectivity index is 1.62. The zero-order valence-corrected chi connectivity index (χ0v) is 14.7. The number of thiocarbonyl (C=S) groups is 1. The fourth-order valence-electron chi connectivity index (χ4n) is 3.44. The molecule has 1 aromatic carbocycles. The van der Waals surface area contributed by atoms with Gasteiger partial charge >= 0.3 is 0 Å². The number of nitrogens with zero attached hydrogens (tertiary/aromatic N) is 1. The van der Waals surface area contributed by atoms with Crippen molar-refractivity contribution in [3.63, 3.8) is 0 Å². The van der Waals surface area contributed by atoms with Crippen molar-refractivity contribution >= 4 is 22.9 Å². The van der Waals surface area contributed by atoms with Gasteiger partial charge in [0, 0.05) is 24.8 Å². The molecule has 0 aromatic heterocycles. The molecule has 0 spiro atoms. The van der Waals surface area contributed by atoms with E-state index >= 15 is 0 Å². The van der Waals surface area contributed by atoms with Crippen LogP contribution in [0.2, 0.25) is 0 Å². The summed E-state index contributed by atoms with van der Waals surface area (Å²) in [5.41, 5.74) is 7.82. The van der Waals surface area contributed by atoms with E-state index in [1.807, 2.05) is 12.1 Å². The molecule has 0 atom stereocenters. The van der Waals surface area contributed by atoms with E-state index in [1.54, 1.807) is 0 Å². The lowest BCUT2D eigenvalue weighted by molar-refractivity contribution is 0.329. The van der Waals surface area contributed by atoms with Gasteiger partial charge in [-0.05, 0) is 36.6 Å². The van der Waals surface area contributed by atoms with Crippen LogP contribution in [0.15, 0.2) is 24.3 Å². The quantitative estimate of drug-likeness (QED) is 0.546. The molecule has 0 unspecified atom stereocenters. The summed E-state index contributed by atoms with van der Waals surface area (Å²) in [6, 6.07) is 8.24. The Labute approximate surface area is 141 Å². The first-order valence-corrected chi connectivity index (χ1v) is 9.18. The second-order valence-electron chi connectivity index (χ2n) is 6.69. The van der Waals surface area contributed by atoms with Gasteiger partial charge in [0.1, 0.15) is 4.99 Å². The number of hydrogen-bond acceptors (Lipinski definition) is 2. The number of unbranched alkanes of at least 4 members (excludes halogenated alkanes) is 2. The first-order valence-electron chi connectivity index (χ1n) is 8.78. The van der Waals surface area contributed by atoms with Crippen LogP contribution in [-0.4, -0.2) is 18.6 Å². The summed E-state index contributed by atoms with van der Waals surface area (Å²) in [4.78, 5) is 2.79. The Morgan fingerprint density at radius 3 is 2.41 bits per heavy atom. The third-order valence-corrected chi connectivity index (χ3v) is 5.16. The van der Waals surface area contributed by atoms with Crippen LogP contribution in [0.25, 0.3) is 0 Å². The summed E-state index contributed by atoms with van der Waals surface area (Å²) in [6.07, 6.45) is 12.8. The molecule has 122 valence electrons. The van der Waals surface area contributed by atoms with E-state index in [1.165, 1.54) is 63.5 Å². The summed E-state index contributed by atoms with van der Waals surface area (Å²) >= 11 is 4.99. The molecular formula is C19H30N2S. The molecule has 22 heavy (non-hydrogen) atoms. The van der Waals surface area contributed by atoms with Crippen molar-refractivity contribution in [2.75, 3.05) is 18.5 Å². The highest BCUT2D eigenvalue weighted by atomic mass is 32.1. The zero-order chi connectivity index (χ0) is 15.8. The summed E-state index contributed by atoms with van der Waals surface area (Å²) in [5.74, 6) is 1.03. The van der Waals surface area contributed by atoms with E-state index in [9.17, 15) is 0 Å². The van der Waals surface area contributed by atoms with Crippen molar-refractivity contribution in [2.24, 2.45) is 11.7 Å². The van der Waals surface area contributed by atoms with Gasteiger partial charge in [-0.1, -0.05) is 63.6 Å². The molecule has 3 heteroatoms. The van der Waals surface area contributed by atoms with Gasteiger partial charge in [0.25, 0.3) is 0 Å². The average Bonchev–Trinajstić information content (AvgIpc) is 2.55. The van der Waals surface area contributed by atoms with Crippen molar-refractivity contribution < 1.29 is 0 Å². The number of benzene rings is 1. The maximum Gasteiger partial charge on any atom is 0.103 e. The molecule has 2 N–H and O–H groups in total. The minimum Gasteiger partial charge on any atom is -0.389 e. The Morgan fingerprint density at radius 1 is 1.09 bits per heavy atom. The standard InChI is InChI=1S/C19H30N2S/c1-21(18-13-11-17(12-14-18)19(20)22)15-7-3-6-10-16-8-4-2-5-9-16/h11-14,16H,2-10,15H2,1H3,(H2,20,22). The Hall–Kier alpha value is -1.09. The summed E-state index contributed by atoms with van der Waals surface area (Å²) in [6.45, 7) is 1.12. The van der Waals surface area contributed by atoms with Crippen LogP contribution in [0.1, 0.15) is 63.4 Å². The van der Waals surface area contributed by atoms with E-state index in [-0.39, 0.29) is 0 Å².